The molecule has 0 fully saturated rings. The van der Waals surface area contributed by atoms with E-state index in [-0.39, 0.29) is 5.75 Å². The van der Waals surface area contributed by atoms with Crippen LogP contribution < -0.4 is 5.32 Å². The molecule has 112 valence electrons. The van der Waals surface area contributed by atoms with Crippen molar-refractivity contribution in [1.29, 1.82) is 0 Å². The molecule has 22 heavy (non-hydrogen) atoms. The van der Waals surface area contributed by atoms with Crippen LogP contribution in [0.25, 0.3) is 22.2 Å². The lowest BCUT2D eigenvalue weighted by Crippen LogP contribution is -2.29. The highest BCUT2D eigenvalue weighted by molar-refractivity contribution is 5.95. The summed E-state index contributed by atoms with van der Waals surface area (Å²) in [4.78, 5) is 4.56. The normalized spacial score (nSPS) is 17.6. The maximum Gasteiger partial charge on any atom is 0.156 e. The summed E-state index contributed by atoms with van der Waals surface area (Å²) in [5.74, 6) is 0.261. The van der Waals surface area contributed by atoms with E-state index in [9.17, 15) is 10.2 Å². The lowest BCUT2D eigenvalue weighted by atomic mass is 9.90. The lowest BCUT2D eigenvalue weighted by molar-refractivity contribution is 0.165. The summed E-state index contributed by atoms with van der Waals surface area (Å²) in [7, 11) is 0. The van der Waals surface area contributed by atoms with Gasteiger partial charge in [-0.1, -0.05) is 6.07 Å². The number of phenols is 1. The fraction of sp³-hybridized carbons (Fsp3) is 0.250. The van der Waals surface area contributed by atoms with Crippen LogP contribution in [0.1, 0.15) is 22.9 Å². The molecule has 1 unspecified atom stereocenters. The largest absolute Gasteiger partial charge is 0.508 e. The zero-order chi connectivity index (χ0) is 15.3. The molecule has 1 aromatic carbocycles. The van der Waals surface area contributed by atoms with Crippen LogP contribution in [0.5, 0.6) is 5.75 Å². The molecule has 3 aromatic rings. The van der Waals surface area contributed by atoms with Gasteiger partial charge in [-0.15, -0.1) is 0 Å². The molecular weight excluding hydrogens is 280 g/mol. The number of benzene rings is 1. The van der Waals surface area contributed by atoms with Crippen molar-refractivity contribution in [3.05, 3.63) is 41.2 Å². The number of aliphatic hydroxyl groups excluding tert-OH is 1. The van der Waals surface area contributed by atoms with Crippen LogP contribution >= 0.6 is 0 Å². The SMILES string of the molecule is Cc1cc(-c2c3c(nc4[nH]ncc24)CNCC3O)ccc1O. The van der Waals surface area contributed by atoms with Crippen molar-refractivity contribution in [2.45, 2.75) is 19.6 Å². The first-order valence-electron chi connectivity index (χ1n) is 7.20. The van der Waals surface area contributed by atoms with Gasteiger partial charge in [-0.2, -0.15) is 5.10 Å². The Balaban J connectivity index is 2.08. The number of β-amino-alcohol motifs (C(OH)–C–C–N with tert-alkyl or cyclic N) is 1. The molecule has 6 heteroatoms. The number of pyridine rings is 1. The number of rotatable bonds is 1. The predicted octanol–water partition coefficient (Wildman–Crippen LogP) is 1.78. The zero-order valence-electron chi connectivity index (χ0n) is 12.1. The molecule has 1 aliphatic heterocycles. The summed E-state index contributed by atoms with van der Waals surface area (Å²) in [6, 6.07) is 5.46. The standard InChI is InChI=1S/C16H16N4O2/c1-8-4-9(2-3-12(8)21)14-10-5-18-20-16(10)19-11-6-17-7-13(22)15(11)14/h2-5,13,17,21-22H,6-7H2,1H3,(H,18,19,20). The number of hydrogen-bond donors (Lipinski definition) is 4. The summed E-state index contributed by atoms with van der Waals surface area (Å²) < 4.78 is 0. The average Bonchev–Trinajstić information content (AvgIpc) is 2.96. The van der Waals surface area contributed by atoms with Gasteiger partial charge in [-0.05, 0) is 30.2 Å². The molecule has 4 rings (SSSR count). The van der Waals surface area contributed by atoms with Gasteiger partial charge in [0.05, 0.1) is 18.0 Å². The third-order valence-corrected chi connectivity index (χ3v) is 4.16. The number of phenolic OH excluding ortho intramolecular Hbond substituents is 1. The Kier molecular flexibility index (Phi) is 2.88. The highest BCUT2D eigenvalue weighted by Gasteiger charge is 2.26. The summed E-state index contributed by atoms with van der Waals surface area (Å²) in [5, 5.41) is 31.2. The third-order valence-electron chi connectivity index (χ3n) is 4.16. The van der Waals surface area contributed by atoms with E-state index in [2.05, 4.69) is 20.5 Å². The number of aromatic hydroxyl groups is 1. The van der Waals surface area contributed by atoms with Gasteiger partial charge in [0.25, 0.3) is 0 Å². The smallest absolute Gasteiger partial charge is 0.156 e. The highest BCUT2D eigenvalue weighted by Crippen LogP contribution is 2.38. The minimum atomic E-state index is -0.611. The summed E-state index contributed by atoms with van der Waals surface area (Å²) in [6.45, 7) is 2.98. The number of nitrogens with zero attached hydrogens (tertiary/aromatic N) is 2. The molecule has 0 radical (unpaired) electrons. The summed E-state index contributed by atoms with van der Waals surface area (Å²) in [6.07, 6.45) is 1.12. The first-order valence-corrected chi connectivity index (χ1v) is 7.20. The fourth-order valence-electron chi connectivity index (χ4n) is 3.08. The van der Waals surface area contributed by atoms with Crippen molar-refractivity contribution < 1.29 is 10.2 Å². The first-order chi connectivity index (χ1) is 10.6. The number of hydrogen-bond acceptors (Lipinski definition) is 5. The Bertz CT molecular complexity index is 872. The van der Waals surface area contributed by atoms with Crippen molar-refractivity contribution in [3.63, 3.8) is 0 Å². The van der Waals surface area contributed by atoms with Crippen molar-refractivity contribution in [2.24, 2.45) is 0 Å². The van der Waals surface area contributed by atoms with Crippen molar-refractivity contribution in [3.8, 4) is 16.9 Å². The van der Waals surface area contributed by atoms with Gasteiger partial charge < -0.3 is 15.5 Å². The Hall–Kier alpha value is -2.44. The number of aromatic nitrogens is 3. The van der Waals surface area contributed by atoms with Crippen molar-refractivity contribution >= 4 is 11.0 Å². The monoisotopic (exact) mass is 296 g/mol. The van der Waals surface area contributed by atoms with E-state index in [0.717, 1.165) is 33.3 Å². The summed E-state index contributed by atoms with van der Waals surface area (Å²) in [5.41, 5.74) is 5.06. The number of aryl methyl sites for hydroxylation is 1. The van der Waals surface area contributed by atoms with Gasteiger partial charge in [0.2, 0.25) is 0 Å². The molecule has 1 atom stereocenters. The molecule has 4 N–H and O–H groups in total. The fourth-order valence-corrected chi connectivity index (χ4v) is 3.08. The average molecular weight is 296 g/mol. The molecule has 3 heterocycles. The van der Waals surface area contributed by atoms with Crippen LogP contribution in [0, 0.1) is 6.92 Å². The minimum absolute atomic E-state index is 0.261. The van der Waals surface area contributed by atoms with E-state index in [1.807, 2.05) is 19.1 Å². The second kappa shape index (κ2) is 4.79. The number of fused-ring (bicyclic) bond motifs is 2. The number of H-pyrrole nitrogens is 1. The van der Waals surface area contributed by atoms with Crippen LogP contribution in [0.3, 0.4) is 0 Å². The van der Waals surface area contributed by atoms with Crippen LogP contribution in [-0.4, -0.2) is 31.9 Å². The minimum Gasteiger partial charge on any atom is -0.508 e. The molecule has 2 aromatic heterocycles. The number of aliphatic hydroxyl groups is 1. The second-order valence-corrected chi connectivity index (χ2v) is 5.63. The maximum absolute atomic E-state index is 10.4. The Labute approximate surface area is 126 Å². The Morgan fingerprint density at radius 1 is 1.32 bits per heavy atom. The molecular formula is C16H16N4O2. The first kappa shape index (κ1) is 13.2. The molecule has 1 aliphatic rings. The molecule has 0 aliphatic carbocycles. The Morgan fingerprint density at radius 3 is 3.00 bits per heavy atom. The van der Waals surface area contributed by atoms with Gasteiger partial charge in [0, 0.05) is 29.6 Å². The molecule has 6 nitrogen and oxygen atoms in total. The van der Waals surface area contributed by atoms with Gasteiger partial charge >= 0.3 is 0 Å². The lowest BCUT2D eigenvalue weighted by Gasteiger charge is -2.25. The van der Waals surface area contributed by atoms with Gasteiger partial charge in [-0.25, -0.2) is 4.98 Å². The van der Waals surface area contributed by atoms with Gasteiger partial charge in [0.1, 0.15) is 5.75 Å². The van der Waals surface area contributed by atoms with Crippen molar-refractivity contribution in [2.75, 3.05) is 6.54 Å². The van der Waals surface area contributed by atoms with E-state index in [0.29, 0.717) is 18.7 Å². The van der Waals surface area contributed by atoms with Gasteiger partial charge in [-0.3, -0.25) is 5.10 Å². The quantitative estimate of drug-likeness (QED) is 0.549. The molecule has 0 spiro atoms. The van der Waals surface area contributed by atoms with E-state index < -0.39 is 6.10 Å². The second-order valence-electron chi connectivity index (χ2n) is 5.63. The topological polar surface area (TPSA) is 94.1 Å². The van der Waals surface area contributed by atoms with Crippen molar-refractivity contribution in [1.82, 2.24) is 20.5 Å². The Morgan fingerprint density at radius 2 is 2.18 bits per heavy atom. The van der Waals surface area contributed by atoms with E-state index >= 15 is 0 Å². The van der Waals surface area contributed by atoms with Crippen LogP contribution in [-0.2, 0) is 6.54 Å². The highest BCUT2D eigenvalue weighted by atomic mass is 16.3. The maximum atomic E-state index is 10.4. The van der Waals surface area contributed by atoms with E-state index in [4.69, 9.17) is 0 Å². The number of nitrogens with one attached hydrogen (secondary N) is 2. The summed E-state index contributed by atoms with van der Waals surface area (Å²) >= 11 is 0. The van der Waals surface area contributed by atoms with Crippen LogP contribution in [0.4, 0.5) is 0 Å². The van der Waals surface area contributed by atoms with E-state index in [1.54, 1.807) is 12.3 Å². The molecule has 0 saturated heterocycles. The molecule has 0 bridgehead atoms. The third kappa shape index (κ3) is 1.88. The van der Waals surface area contributed by atoms with E-state index in [1.165, 1.54) is 0 Å². The molecule has 0 saturated carbocycles. The zero-order valence-corrected chi connectivity index (χ0v) is 12.1. The van der Waals surface area contributed by atoms with Crippen LogP contribution in [0.2, 0.25) is 0 Å². The molecule has 0 amide bonds. The van der Waals surface area contributed by atoms with Crippen LogP contribution in [0.15, 0.2) is 24.4 Å². The van der Waals surface area contributed by atoms with Gasteiger partial charge in [0.15, 0.2) is 5.65 Å². The predicted molar refractivity (Wildman–Crippen MR) is 82.4 cm³/mol. The number of aromatic amines is 1.